The maximum Gasteiger partial charge on any atom is 0.261 e. The SMILES string of the molecule is Cc1ccc(OCC(=O)N(Cc2c(F)cccc2Cl)C2CC2)cc1. The predicted molar refractivity (Wildman–Crippen MR) is 91.7 cm³/mol. The fourth-order valence-corrected chi connectivity index (χ4v) is 2.75. The van der Waals surface area contributed by atoms with Gasteiger partial charge in [0.25, 0.3) is 5.91 Å². The van der Waals surface area contributed by atoms with Crippen LogP contribution in [-0.2, 0) is 11.3 Å². The lowest BCUT2D eigenvalue weighted by Crippen LogP contribution is -2.36. The number of carbonyl (C=O) groups excluding carboxylic acids is 1. The molecule has 0 bridgehead atoms. The van der Waals surface area contributed by atoms with E-state index >= 15 is 0 Å². The Morgan fingerprint density at radius 1 is 1.25 bits per heavy atom. The standard InChI is InChI=1S/C19H19ClFNO2/c1-13-5-9-15(10-6-13)24-12-19(23)22(14-7-8-14)11-16-17(20)3-2-4-18(16)21/h2-6,9-10,14H,7-8,11-12H2,1H3. The van der Waals surface area contributed by atoms with E-state index in [1.807, 2.05) is 31.2 Å². The van der Waals surface area contributed by atoms with Crippen LogP contribution in [0.25, 0.3) is 0 Å². The van der Waals surface area contributed by atoms with Gasteiger partial charge in [0, 0.05) is 16.6 Å². The fraction of sp³-hybridized carbons (Fsp3) is 0.316. The number of amides is 1. The molecule has 0 aliphatic heterocycles. The lowest BCUT2D eigenvalue weighted by Gasteiger charge is -2.23. The quantitative estimate of drug-likeness (QED) is 0.777. The van der Waals surface area contributed by atoms with Gasteiger partial charge in [-0.2, -0.15) is 0 Å². The van der Waals surface area contributed by atoms with Crippen LogP contribution >= 0.6 is 11.6 Å². The molecule has 0 saturated heterocycles. The number of ether oxygens (including phenoxy) is 1. The average Bonchev–Trinajstić information content (AvgIpc) is 3.39. The lowest BCUT2D eigenvalue weighted by atomic mass is 10.2. The molecule has 1 saturated carbocycles. The van der Waals surface area contributed by atoms with Crippen molar-refractivity contribution in [1.29, 1.82) is 0 Å². The van der Waals surface area contributed by atoms with Crippen LogP contribution in [0.1, 0.15) is 24.0 Å². The van der Waals surface area contributed by atoms with Crippen LogP contribution in [-0.4, -0.2) is 23.5 Å². The van der Waals surface area contributed by atoms with Crippen molar-refractivity contribution in [3.8, 4) is 5.75 Å². The molecule has 1 amide bonds. The number of rotatable bonds is 6. The lowest BCUT2D eigenvalue weighted by molar-refractivity contribution is -0.134. The van der Waals surface area contributed by atoms with E-state index in [0.29, 0.717) is 16.3 Å². The van der Waals surface area contributed by atoms with Crippen molar-refractivity contribution in [2.75, 3.05) is 6.61 Å². The molecule has 0 atom stereocenters. The van der Waals surface area contributed by atoms with E-state index in [0.717, 1.165) is 18.4 Å². The summed E-state index contributed by atoms with van der Waals surface area (Å²) < 4.78 is 19.6. The Balaban J connectivity index is 1.67. The van der Waals surface area contributed by atoms with E-state index < -0.39 is 0 Å². The molecule has 3 rings (SSSR count). The minimum atomic E-state index is -0.389. The van der Waals surface area contributed by atoms with Gasteiger partial charge in [0.05, 0.1) is 6.54 Å². The highest BCUT2D eigenvalue weighted by atomic mass is 35.5. The molecule has 5 heteroatoms. The van der Waals surface area contributed by atoms with Gasteiger partial charge in [0.1, 0.15) is 11.6 Å². The first-order chi connectivity index (χ1) is 11.5. The third-order valence-corrected chi connectivity index (χ3v) is 4.44. The van der Waals surface area contributed by atoms with Crippen LogP contribution in [0.2, 0.25) is 5.02 Å². The van der Waals surface area contributed by atoms with Gasteiger partial charge in [-0.15, -0.1) is 0 Å². The Labute approximate surface area is 146 Å². The van der Waals surface area contributed by atoms with Crippen LogP contribution < -0.4 is 4.74 Å². The predicted octanol–water partition coefficient (Wildman–Crippen LogP) is 4.36. The van der Waals surface area contributed by atoms with Crippen LogP contribution in [0.4, 0.5) is 4.39 Å². The zero-order valence-electron chi connectivity index (χ0n) is 13.5. The van der Waals surface area contributed by atoms with Gasteiger partial charge in [-0.05, 0) is 44.0 Å². The van der Waals surface area contributed by atoms with Crippen molar-refractivity contribution in [3.05, 3.63) is 64.4 Å². The Bertz CT molecular complexity index is 708. The molecule has 0 N–H and O–H groups in total. The molecule has 0 radical (unpaired) electrons. The molecule has 0 aromatic heterocycles. The summed E-state index contributed by atoms with van der Waals surface area (Å²) in [5, 5.41) is 0.341. The number of aryl methyl sites for hydroxylation is 1. The monoisotopic (exact) mass is 347 g/mol. The first-order valence-corrected chi connectivity index (χ1v) is 8.34. The molecule has 2 aromatic rings. The molecule has 0 unspecified atom stereocenters. The molecule has 0 heterocycles. The summed E-state index contributed by atoms with van der Waals surface area (Å²) in [6.45, 7) is 2.10. The zero-order valence-corrected chi connectivity index (χ0v) is 14.2. The topological polar surface area (TPSA) is 29.5 Å². The summed E-state index contributed by atoms with van der Waals surface area (Å²) in [5.41, 5.74) is 1.48. The maximum atomic E-state index is 14.0. The van der Waals surface area contributed by atoms with E-state index in [-0.39, 0.29) is 30.9 Å². The summed E-state index contributed by atoms with van der Waals surface area (Å²) in [4.78, 5) is 14.2. The maximum absolute atomic E-state index is 14.0. The molecular weight excluding hydrogens is 329 g/mol. The normalized spacial score (nSPS) is 13.6. The third kappa shape index (κ3) is 4.06. The van der Waals surface area contributed by atoms with E-state index in [4.69, 9.17) is 16.3 Å². The number of benzene rings is 2. The highest BCUT2D eigenvalue weighted by Crippen LogP contribution is 2.31. The molecule has 1 fully saturated rings. The van der Waals surface area contributed by atoms with E-state index in [1.54, 1.807) is 17.0 Å². The minimum absolute atomic E-state index is 0.0639. The number of halogens is 2. The van der Waals surface area contributed by atoms with Crippen molar-refractivity contribution in [1.82, 2.24) is 4.90 Å². The Morgan fingerprint density at radius 2 is 1.96 bits per heavy atom. The van der Waals surface area contributed by atoms with Gasteiger partial charge in [0.2, 0.25) is 0 Å². The Kier molecular flexibility index (Phi) is 5.05. The van der Waals surface area contributed by atoms with Crippen molar-refractivity contribution >= 4 is 17.5 Å². The smallest absolute Gasteiger partial charge is 0.261 e. The van der Waals surface area contributed by atoms with Gasteiger partial charge in [-0.3, -0.25) is 4.79 Å². The van der Waals surface area contributed by atoms with Crippen molar-refractivity contribution in [2.45, 2.75) is 32.4 Å². The second kappa shape index (κ2) is 7.22. The summed E-state index contributed by atoms with van der Waals surface area (Å²) >= 11 is 6.08. The van der Waals surface area contributed by atoms with Crippen LogP contribution in [0, 0.1) is 12.7 Å². The second-order valence-corrected chi connectivity index (χ2v) is 6.46. The first-order valence-electron chi connectivity index (χ1n) is 7.96. The summed E-state index contributed by atoms with van der Waals surface area (Å²) in [5.74, 6) is 0.103. The van der Waals surface area contributed by atoms with E-state index in [2.05, 4.69) is 0 Å². The van der Waals surface area contributed by atoms with E-state index in [9.17, 15) is 9.18 Å². The van der Waals surface area contributed by atoms with E-state index in [1.165, 1.54) is 6.07 Å². The average molecular weight is 348 g/mol. The number of carbonyl (C=O) groups is 1. The van der Waals surface area contributed by atoms with Crippen LogP contribution in [0.15, 0.2) is 42.5 Å². The highest BCUT2D eigenvalue weighted by molar-refractivity contribution is 6.31. The summed E-state index contributed by atoms with van der Waals surface area (Å²) in [7, 11) is 0. The summed E-state index contributed by atoms with van der Waals surface area (Å²) in [6.07, 6.45) is 1.87. The third-order valence-electron chi connectivity index (χ3n) is 4.08. The Hall–Kier alpha value is -2.07. The van der Waals surface area contributed by atoms with Crippen molar-refractivity contribution in [2.24, 2.45) is 0 Å². The molecule has 126 valence electrons. The van der Waals surface area contributed by atoms with Gasteiger partial charge in [-0.25, -0.2) is 4.39 Å². The summed E-state index contributed by atoms with van der Waals surface area (Å²) in [6, 6.07) is 12.2. The molecule has 3 nitrogen and oxygen atoms in total. The molecule has 0 spiro atoms. The molecule has 1 aliphatic carbocycles. The van der Waals surface area contributed by atoms with Crippen LogP contribution in [0.5, 0.6) is 5.75 Å². The minimum Gasteiger partial charge on any atom is -0.484 e. The van der Waals surface area contributed by atoms with Crippen molar-refractivity contribution in [3.63, 3.8) is 0 Å². The van der Waals surface area contributed by atoms with Gasteiger partial charge in [-0.1, -0.05) is 35.4 Å². The van der Waals surface area contributed by atoms with Gasteiger partial charge >= 0.3 is 0 Å². The van der Waals surface area contributed by atoms with Gasteiger partial charge in [0.15, 0.2) is 6.61 Å². The number of hydrogen-bond donors (Lipinski definition) is 0. The Morgan fingerprint density at radius 3 is 2.58 bits per heavy atom. The molecule has 24 heavy (non-hydrogen) atoms. The van der Waals surface area contributed by atoms with Gasteiger partial charge < -0.3 is 9.64 Å². The number of hydrogen-bond acceptors (Lipinski definition) is 2. The molecule has 2 aromatic carbocycles. The highest BCUT2D eigenvalue weighted by Gasteiger charge is 2.33. The number of nitrogens with zero attached hydrogens (tertiary/aromatic N) is 1. The largest absolute Gasteiger partial charge is 0.484 e. The van der Waals surface area contributed by atoms with Crippen molar-refractivity contribution < 1.29 is 13.9 Å². The fourth-order valence-electron chi connectivity index (χ4n) is 2.52. The first kappa shape index (κ1) is 16.8. The zero-order chi connectivity index (χ0) is 17.1. The molecular formula is C19H19ClFNO2. The van der Waals surface area contributed by atoms with Crippen LogP contribution in [0.3, 0.4) is 0 Å². The second-order valence-electron chi connectivity index (χ2n) is 6.05. The molecule has 1 aliphatic rings.